The highest BCUT2D eigenvalue weighted by Gasteiger charge is 2.37. The second kappa shape index (κ2) is 6.19. The van der Waals surface area contributed by atoms with E-state index in [1.165, 1.54) is 37.7 Å². The van der Waals surface area contributed by atoms with Gasteiger partial charge in [0.2, 0.25) is 0 Å². The Morgan fingerprint density at radius 2 is 1.82 bits per heavy atom. The summed E-state index contributed by atoms with van der Waals surface area (Å²) in [6.07, 6.45) is 6.73. The summed E-state index contributed by atoms with van der Waals surface area (Å²) in [6, 6.07) is 10.7. The molecule has 1 fully saturated rings. The van der Waals surface area contributed by atoms with Crippen LogP contribution < -0.4 is 0 Å². The molecule has 1 aromatic rings. The minimum absolute atomic E-state index is 0.0944. The van der Waals surface area contributed by atoms with Crippen LogP contribution in [0.1, 0.15) is 44.6 Å². The average Bonchev–Trinajstić information content (AvgIpc) is 2.41. The molecule has 1 atom stereocenters. The van der Waals surface area contributed by atoms with Crippen LogP contribution in [0.5, 0.6) is 0 Å². The number of rotatable bonds is 4. The molecule has 1 aliphatic rings. The fraction of sp³-hybridized carbons (Fsp3) is 0.600. The maximum atomic E-state index is 6.14. The van der Waals surface area contributed by atoms with Gasteiger partial charge in [0.15, 0.2) is 0 Å². The van der Waals surface area contributed by atoms with E-state index in [4.69, 9.17) is 4.74 Å². The van der Waals surface area contributed by atoms with Gasteiger partial charge in [-0.25, -0.2) is 0 Å². The van der Waals surface area contributed by atoms with Gasteiger partial charge in [-0.2, -0.15) is 0 Å². The molecule has 2 rings (SSSR count). The molecular formula is C15H21IO. The summed E-state index contributed by atoms with van der Waals surface area (Å²) in [5, 5.41) is 0. The van der Waals surface area contributed by atoms with E-state index in [-0.39, 0.29) is 5.60 Å². The molecule has 0 bridgehead atoms. The van der Waals surface area contributed by atoms with Crippen molar-refractivity contribution in [2.75, 3.05) is 4.61 Å². The van der Waals surface area contributed by atoms with Crippen LogP contribution in [0.15, 0.2) is 30.3 Å². The van der Waals surface area contributed by atoms with Gasteiger partial charge in [-0.05, 0) is 31.2 Å². The highest BCUT2D eigenvalue weighted by molar-refractivity contribution is 14.1. The van der Waals surface area contributed by atoms with Crippen LogP contribution in [0.2, 0.25) is 0 Å². The lowest BCUT2D eigenvalue weighted by atomic mass is 9.74. The van der Waals surface area contributed by atoms with Crippen molar-refractivity contribution in [2.45, 2.75) is 44.6 Å². The Hall–Kier alpha value is -0.0900. The Balaban J connectivity index is 2.24. The maximum Gasteiger partial charge on any atom is 0.0991 e. The SMILES string of the molecule is CC(OCI)(c1ccccc1)C1CCCCC1. The van der Waals surface area contributed by atoms with Crippen LogP contribution in [0, 0.1) is 5.92 Å². The molecule has 0 saturated heterocycles. The van der Waals surface area contributed by atoms with Gasteiger partial charge >= 0.3 is 0 Å². The first-order chi connectivity index (χ1) is 8.27. The van der Waals surface area contributed by atoms with E-state index in [9.17, 15) is 0 Å². The van der Waals surface area contributed by atoms with Gasteiger partial charge in [0.25, 0.3) is 0 Å². The van der Waals surface area contributed by atoms with Crippen LogP contribution >= 0.6 is 22.6 Å². The van der Waals surface area contributed by atoms with E-state index in [1.54, 1.807) is 0 Å². The zero-order valence-corrected chi connectivity index (χ0v) is 12.7. The van der Waals surface area contributed by atoms with Gasteiger partial charge < -0.3 is 4.74 Å². The molecule has 17 heavy (non-hydrogen) atoms. The standard InChI is InChI=1S/C15H21IO/c1-15(17-12-16,13-8-4-2-5-9-13)14-10-6-3-7-11-14/h2,4-5,8-9,14H,3,6-7,10-12H2,1H3. The van der Waals surface area contributed by atoms with Gasteiger partial charge in [-0.3, -0.25) is 0 Å². The quantitative estimate of drug-likeness (QED) is 0.558. The Bertz CT molecular complexity index is 332. The van der Waals surface area contributed by atoms with Gasteiger partial charge in [0.05, 0.1) is 10.2 Å². The minimum atomic E-state index is -0.0944. The highest BCUT2D eigenvalue weighted by atomic mass is 127. The Morgan fingerprint density at radius 3 is 2.41 bits per heavy atom. The summed E-state index contributed by atoms with van der Waals surface area (Å²) >= 11 is 2.31. The molecule has 2 heteroatoms. The lowest BCUT2D eigenvalue weighted by Crippen LogP contribution is -2.36. The molecule has 1 aliphatic carbocycles. The molecule has 1 saturated carbocycles. The molecule has 0 amide bonds. The van der Waals surface area contributed by atoms with Crippen molar-refractivity contribution in [1.82, 2.24) is 0 Å². The van der Waals surface area contributed by atoms with Gasteiger partial charge in [0, 0.05) is 0 Å². The van der Waals surface area contributed by atoms with E-state index < -0.39 is 0 Å². The monoisotopic (exact) mass is 344 g/mol. The number of hydrogen-bond donors (Lipinski definition) is 0. The predicted octanol–water partition coefficient (Wildman–Crippen LogP) is 4.89. The Kier molecular flexibility index (Phi) is 4.86. The average molecular weight is 344 g/mol. The van der Waals surface area contributed by atoms with Crippen LogP contribution in [-0.4, -0.2) is 4.61 Å². The molecule has 0 aromatic heterocycles. The number of benzene rings is 1. The fourth-order valence-corrected chi connectivity index (χ4v) is 3.62. The summed E-state index contributed by atoms with van der Waals surface area (Å²) in [4.78, 5) is 0. The Morgan fingerprint density at radius 1 is 1.18 bits per heavy atom. The molecule has 94 valence electrons. The second-order valence-corrected chi connectivity index (χ2v) is 5.68. The fourth-order valence-electron chi connectivity index (χ4n) is 2.97. The largest absolute Gasteiger partial charge is 0.360 e. The first-order valence-corrected chi connectivity index (χ1v) is 8.05. The number of ether oxygens (including phenoxy) is 1. The van der Waals surface area contributed by atoms with Crippen molar-refractivity contribution in [2.24, 2.45) is 5.92 Å². The summed E-state index contributed by atoms with van der Waals surface area (Å²) in [7, 11) is 0. The van der Waals surface area contributed by atoms with E-state index >= 15 is 0 Å². The zero-order chi connectivity index (χ0) is 12.1. The van der Waals surface area contributed by atoms with Crippen molar-refractivity contribution in [3.05, 3.63) is 35.9 Å². The number of halogens is 1. The lowest BCUT2D eigenvalue weighted by Gasteiger charge is -2.40. The van der Waals surface area contributed by atoms with Crippen LogP contribution in [0.4, 0.5) is 0 Å². The molecule has 0 N–H and O–H groups in total. The van der Waals surface area contributed by atoms with E-state index in [2.05, 4.69) is 59.8 Å². The van der Waals surface area contributed by atoms with Gasteiger partial charge in [0.1, 0.15) is 0 Å². The van der Waals surface area contributed by atoms with Crippen molar-refractivity contribution in [1.29, 1.82) is 0 Å². The van der Waals surface area contributed by atoms with Crippen molar-refractivity contribution < 1.29 is 4.74 Å². The summed E-state index contributed by atoms with van der Waals surface area (Å²) in [5.74, 6) is 0.674. The molecule has 0 aliphatic heterocycles. The van der Waals surface area contributed by atoms with Crippen LogP contribution in [-0.2, 0) is 10.3 Å². The predicted molar refractivity (Wildman–Crippen MR) is 80.3 cm³/mol. The van der Waals surface area contributed by atoms with Crippen LogP contribution in [0.3, 0.4) is 0 Å². The number of hydrogen-bond acceptors (Lipinski definition) is 1. The molecular weight excluding hydrogens is 323 g/mol. The molecule has 1 aromatic carbocycles. The van der Waals surface area contributed by atoms with Crippen molar-refractivity contribution >= 4 is 22.6 Å². The molecule has 0 spiro atoms. The molecule has 1 nitrogen and oxygen atoms in total. The first-order valence-electron chi connectivity index (χ1n) is 6.53. The van der Waals surface area contributed by atoms with E-state index in [0.29, 0.717) is 5.92 Å². The van der Waals surface area contributed by atoms with Gasteiger partial charge in [-0.15, -0.1) is 0 Å². The Labute approximate surface area is 118 Å². The third-order valence-electron chi connectivity index (χ3n) is 4.09. The topological polar surface area (TPSA) is 9.23 Å². The van der Waals surface area contributed by atoms with Crippen LogP contribution in [0.25, 0.3) is 0 Å². The smallest absolute Gasteiger partial charge is 0.0991 e. The third-order valence-corrected chi connectivity index (χ3v) is 4.40. The normalized spacial score (nSPS) is 21.1. The van der Waals surface area contributed by atoms with Crippen molar-refractivity contribution in [3.8, 4) is 0 Å². The highest BCUT2D eigenvalue weighted by Crippen LogP contribution is 2.42. The van der Waals surface area contributed by atoms with Gasteiger partial charge in [-0.1, -0.05) is 72.2 Å². The molecule has 0 radical (unpaired) electrons. The van der Waals surface area contributed by atoms with Crippen molar-refractivity contribution in [3.63, 3.8) is 0 Å². The zero-order valence-electron chi connectivity index (χ0n) is 10.5. The maximum absolute atomic E-state index is 6.14. The lowest BCUT2D eigenvalue weighted by molar-refractivity contribution is -0.0647. The third kappa shape index (κ3) is 3.02. The first kappa shape index (κ1) is 13.3. The summed E-state index contributed by atoms with van der Waals surface area (Å²) in [6.45, 7) is 2.27. The summed E-state index contributed by atoms with van der Waals surface area (Å²) < 4.78 is 6.91. The van der Waals surface area contributed by atoms with E-state index in [0.717, 1.165) is 4.61 Å². The summed E-state index contributed by atoms with van der Waals surface area (Å²) in [5.41, 5.74) is 1.24. The second-order valence-electron chi connectivity index (χ2n) is 5.06. The number of alkyl halides is 1. The molecule has 1 unspecified atom stereocenters. The molecule has 0 heterocycles. The minimum Gasteiger partial charge on any atom is -0.360 e. The van der Waals surface area contributed by atoms with E-state index in [1.807, 2.05) is 0 Å².